The Bertz CT molecular complexity index is 1460. The molecule has 4 aromatic rings. The number of hydrogen-bond acceptors (Lipinski definition) is 11. The molecule has 2 aromatic carbocycles. The van der Waals surface area contributed by atoms with E-state index in [1.807, 2.05) is 5.16 Å². The standard InChI is InChI=1S/C14H17N3O6.C7H4N2O4/c1-14(2,3)22-13(18)15-7-8-21-12-9-5-4-6-10(17(19)20)11(9)23-16-12;10-7-4-2-1-3-5(9(11)12)6(4)13-8-7/h4-6H,7-8H2,1-3H3,(H,15,18);1-3H,(H,8,10). The molecule has 2 aromatic heterocycles. The van der Waals surface area contributed by atoms with Crippen molar-refractivity contribution >= 4 is 39.4 Å². The Kier molecular flexibility index (Phi) is 7.52. The molecule has 0 saturated carbocycles. The monoisotopic (exact) mass is 503 g/mol. The number of ether oxygens (including phenoxy) is 2. The molecule has 0 saturated heterocycles. The number of carbonyl (C=O) groups excluding carboxylic acids is 1. The van der Waals surface area contributed by atoms with E-state index in [0.717, 1.165) is 0 Å². The number of non-ortho nitro benzene ring substituents is 2. The summed E-state index contributed by atoms with van der Waals surface area (Å²) in [5, 5.41) is 30.2. The maximum absolute atomic E-state index is 11.5. The first-order valence-electron chi connectivity index (χ1n) is 10.3. The lowest BCUT2D eigenvalue weighted by atomic mass is 10.2. The topological polar surface area (TPSA) is 206 Å². The number of hydrogen-bond donors (Lipinski definition) is 2. The quantitative estimate of drug-likeness (QED) is 0.220. The van der Waals surface area contributed by atoms with Gasteiger partial charge < -0.3 is 23.8 Å². The van der Waals surface area contributed by atoms with Crippen molar-refractivity contribution in [2.45, 2.75) is 26.4 Å². The van der Waals surface area contributed by atoms with Gasteiger partial charge in [0.05, 0.1) is 27.2 Å². The lowest BCUT2D eigenvalue weighted by Crippen LogP contribution is -2.34. The molecule has 0 unspecified atom stereocenters. The van der Waals surface area contributed by atoms with Gasteiger partial charge in [0, 0.05) is 12.1 Å². The number of nitro groups is 2. The Morgan fingerprint density at radius 3 is 2.28 bits per heavy atom. The van der Waals surface area contributed by atoms with Crippen LogP contribution >= 0.6 is 0 Å². The number of aromatic amines is 1. The summed E-state index contributed by atoms with van der Waals surface area (Å²) in [5.41, 5.74) is -1.40. The SMILES string of the molecule is CC(C)(C)OC(=O)NCCOc1noc2c([N+](=O)[O-])cccc12.O=c1[nH]oc2c([N+](=O)[O-])cccc12. The van der Waals surface area contributed by atoms with E-state index >= 15 is 0 Å². The highest BCUT2D eigenvalue weighted by Gasteiger charge is 2.20. The van der Waals surface area contributed by atoms with Crippen LogP contribution in [0.1, 0.15) is 20.8 Å². The third kappa shape index (κ3) is 6.13. The third-order valence-electron chi connectivity index (χ3n) is 4.33. The average Bonchev–Trinajstić information content (AvgIpc) is 3.39. The third-order valence-corrected chi connectivity index (χ3v) is 4.33. The fourth-order valence-corrected chi connectivity index (χ4v) is 2.90. The summed E-state index contributed by atoms with van der Waals surface area (Å²) < 4.78 is 20.1. The first-order valence-corrected chi connectivity index (χ1v) is 10.3. The first kappa shape index (κ1) is 25.7. The molecule has 0 aliphatic heterocycles. The van der Waals surface area contributed by atoms with Gasteiger partial charge in [0.1, 0.15) is 12.2 Å². The lowest BCUT2D eigenvalue weighted by Gasteiger charge is -2.19. The average molecular weight is 503 g/mol. The van der Waals surface area contributed by atoms with Crippen LogP contribution in [0.3, 0.4) is 0 Å². The van der Waals surface area contributed by atoms with Crippen LogP contribution in [-0.4, -0.2) is 45.0 Å². The number of nitrogens with zero attached hydrogens (tertiary/aromatic N) is 3. The van der Waals surface area contributed by atoms with E-state index in [9.17, 15) is 29.8 Å². The van der Waals surface area contributed by atoms with Gasteiger partial charge in [-0.1, -0.05) is 12.1 Å². The number of fused-ring (bicyclic) bond motifs is 2. The molecular weight excluding hydrogens is 482 g/mol. The van der Waals surface area contributed by atoms with Gasteiger partial charge >= 0.3 is 17.5 Å². The summed E-state index contributed by atoms with van der Waals surface area (Å²) in [6, 6.07) is 8.62. The molecule has 1 amide bonds. The second-order valence-corrected chi connectivity index (χ2v) is 8.12. The minimum atomic E-state index is -0.598. The summed E-state index contributed by atoms with van der Waals surface area (Å²) in [5.74, 6) is 0.134. The van der Waals surface area contributed by atoms with Crippen molar-refractivity contribution in [3.63, 3.8) is 0 Å². The summed E-state index contributed by atoms with van der Waals surface area (Å²) >= 11 is 0. The van der Waals surface area contributed by atoms with E-state index in [1.165, 1.54) is 30.3 Å². The molecular formula is C21H21N5O10. The summed E-state index contributed by atoms with van der Waals surface area (Å²) in [6.45, 7) is 5.59. The molecule has 0 atom stereocenters. The normalized spacial score (nSPS) is 11.0. The molecule has 190 valence electrons. The molecule has 0 radical (unpaired) electrons. The first-order chi connectivity index (χ1) is 17.0. The van der Waals surface area contributed by atoms with E-state index in [4.69, 9.17) is 14.0 Å². The van der Waals surface area contributed by atoms with Gasteiger partial charge in [-0.15, -0.1) is 0 Å². The molecule has 0 aliphatic rings. The van der Waals surface area contributed by atoms with Gasteiger partial charge in [0.25, 0.3) is 11.4 Å². The van der Waals surface area contributed by atoms with E-state index < -0.39 is 27.1 Å². The van der Waals surface area contributed by atoms with Crippen molar-refractivity contribution in [3.8, 4) is 5.88 Å². The highest BCUT2D eigenvalue weighted by atomic mass is 16.6. The Morgan fingerprint density at radius 1 is 1.06 bits per heavy atom. The molecule has 0 aliphatic carbocycles. The highest BCUT2D eigenvalue weighted by Crippen LogP contribution is 2.31. The number of H-pyrrole nitrogens is 1. The zero-order chi connectivity index (χ0) is 26.5. The number of para-hydroxylation sites is 2. The van der Waals surface area contributed by atoms with Gasteiger partial charge in [-0.05, 0) is 38.1 Å². The van der Waals surface area contributed by atoms with Gasteiger partial charge in [-0.25, -0.2) is 4.79 Å². The summed E-state index contributed by atoms with van der Waals surface area (Å²) in [4.78, 5) is 42.6. The zero-order valence-electron chi connectivity index (χ0n) is 19.3. The number of alkyl carbamates (subject to hydrolysis) is 1. The minimum absolute atomic E-state index is 0.0162. The summed E-state index contributed by atoms with van der Waals surface area (Å²) in [6.07, 6.45) is -0.554. The van der Waals surface area contributed by atoms with Crippen molar-refractivity contribution in [2.75, 3.05) is 13.2 Å². The van der Waals surface area contributed by atoms with Crippen molar-refractivity contribution in [2.24, 2.45) is 0 Å². The Balaban J connectivity index is 0.000000233. The Labute approximate surface area is 201 Å². The molecule has 15 heteroatoms. The number of benzene rings is 2. The van der Waals surface area contributed by atoms with E-state index in [1.54, 1.807) is 26.8 Å². The maximum Gasteiger partial charge on any atom is 0.407 e. The Hall–Kier alpha value is -4.95. The molecule has 0 fully saturated rings. The van der Waals surface area contributed by atoms with Crippen molar-refractivity contribution in [1.82, 2.24) is 15.6 Å². The fourth-order valence-electron chi connectivity index (χ4n) is 2.90. The molecule has 15 nitrogen and oxygen atoms in total. The van der Waals surface area contributed by atoms with Crippen molar-refractivity contribution in [3.05, 3.63) is 67.0 Å². The highest BCUT2D eigenvalue weighted by molar-refractivity contribution is 5.89. The largest absolute Gasteiger partial charge is 0.473 e. The summed E-state index contributed by atoms with van der Waals surface area (Å²) in [7, 11) is 0. The van der Waals surface area contributed by atoms with Crippen LogP contribution in [0.5, 0.6) is 5.88 Å². The number of aromatic nitrogens is 2. The number of carbonyl (C=O) groups is 1. The molecule has 36 heavy (non-hydrogen) atoms. The lowest BCUT2D eigenvalue weighted by molar-refractivity contribution is -0.383. The van der Waals surface area contributed by atoms with Crippen LogP contribution in [0.2, 0.25) is 0 Å². The molecule has 2 N–H and O–H groups in total. The molecule has 4 rings (SSSR count). The van der Waals surface area contributed by atoms with E-state index in [0.29, 0.717) is 5.39 Å². The number of nitro benzene ring substituents is 2. The van der Waals surface area contributed by atoms with Crippen molar-refractivity contribution in [1.29, 1.82) is 0 Å². The van der Waals surface area contributed by atoms with Crippen LogP contribution in [0.4, 0.5) is 16.2 Å². The van der Waals surface area contributed by atoms with Gasteiger partial charge in [0.2, 0.25) is 11.2 Å². The van der Waals surface area contributed by atoms with Crippen LogP contribution in [0, 0.1) is 20.2 Å². The van der Waals surface area contributed by atoms with Crippen LogP contribution in [-0.2, 0) is 4.74 Å². The smallest absolute Gasteiger partial charge is 0.407 e. The van der Waals surface area contributed by atoms with Crippen LogP contribution in [0.25, 0.3) is 21.9 Å². The van der Waals surface area contributed by atoms with E-state index in [-0.39, 0.29) is 47.0 Å². The predicted octanol–water partition coefficient (Wildman–Crippen LogP) is 3.67. The van der Waals surface area contributed by atoms with Crippen LogP contribution < -0.4 is 15.6 Å². The van der Waals surface area contributed by atoms with E-state index in [2.05, 4.69) is 15.0 Å². The number of nitrogens with one attached hydrogen (secondary N) is 2. The zero-order valence-corrected chi connectivity index (χ0v) is 19.3. The number of rotatable bonds is 6. The van der Waals surface area contributed by atoms with Gasteiger partial charge in [0.15, 0.2) is 0 Å². The molecule has 0 bridgehead atoms. The number of amides is 1. The molecule has 0 spiro atoms. The van der Waals surface area contributed by atoms with Gasteiger partial charge in [-0.3, -0.25) is 25.0 Å². The Morgan fingerprint density at radius 2 is 1.67 bits per heavy atom. The molecule has 2 heterocycles. The second kappa shape index (κ2) is 10.5. The predicted molar refractivity (Wildman–Crippen MR) is 124 cm³/mol. The van der Waals surface area contributed by atoms with Crippen LogP contribution in [0.15, 0.2) is 50.2 Å². The minimum Gasteiger partial charge on any atom is -0.473 e. The van der Waals surface area contributed by atoms with Gasteiger partial charge in [-0.2, -0.15) is 5.16 Å². The fraction of sp³-hybridized carbons (Fsp3) is 0.286. The second-order valence-electron chi connectivity index (χ2n) is 8.12. The maximum atomic E-state index is 11.5. The van der Waals surface area contributed by atoms with Crippen molar-refractivity contribution < 1.29 is 33.2 Å².